The summed E-state index contributed by atoms with van der Waals surface area (Å²) in [6.45, 7) is 1.92. The number of amides is 2. The second-order valence-electron chi connectivity index (χ2n) is 5.56. The molecular formula is C13H20N2O2. The van der Waals surface area contributed by atoms with Crippen molar-refractivity contribution >= 4 is 11.8 Å². The molecule has 2 saturated carbocycles. The van der Waals surface area contributed by atoms with Crippen LogP contribution >= 0.6 is 0 Å². The first-order valence-corrected chi connectivity index (χ1v) is 6.83. The SMILES string of the molecule is O=C1CCN(C(=O)C2C3CCCCC32)CCN1. The molecule has 1 N–H and O–H groups in total. The Morgan fingerprint density at radius 1 is 1.18 bits per heavy atom. The number of nitrogens with zero attached hydrogens (tertiary/aromatic N) is 1. The van der Waals surface area contributed by atoms with Gasteiger partial charge in [0.15, 0.2) is 0 Å². The third kappa shape index (κ3) is 2.05. The molecular weight excluding hydrogens is 216 g/mol. The number of nitrogens with one attached hydrogen (secondary N) is 1. The molecule has 17 heavy (non-hydrogen) atoms. The van der Waals surface area contributed by atoms with Crippen LogP contribution in [-0.2, 0) is 9.59 Å². The Balaban J connectivity index is 1.60. The van der Waals surface area contributed by atoms with Crippen LogP contribution in [0.15, 0.2) is 0 Å². The minimum absolute atomic E-state index is 0.0773. The fourth-order valence-corrected chi connectivity index (χ4v) is 3.56. The molecule has 4 heteroatoms. The molecule has 0 spiro atoms. The van der Waals surface area contributed by atoms with Gasteiger partial charge in [-0.05, 0) is 24.7 Å². The molecule has 0 radical (unpaired) electrons. The third-order valence-electron chi connectivity index (χ3n) is 4.57. The molecule has 1 heterocycles. The Labute approximate surface area is 102 Å². The molecule has 2 atom stereocenters. The second kappa shape index (κ2) is 4.31. The number of hydrogen-bond acceptors (Lipinski definition) is 2. The molecule has 2 amide bonds. The third-order valence-corrected chi connectivity index (χ3v) is 4.57. The molecule has 0 aromatic rings. The van der Waals surface area contributed by atoms with E-state index in [4.69, 9.17) is 0 Å². The van der Waals surface area contributed by atoms with Gasteiger partial charge in [-0.3, -0.25) is 9.59 Å². The molecule has 1 saturated heterocycles. The smallest absolute Gasteiger partial charge is 0.226 e. The Morgan fingerprint density at radius 2 is 1.88 bits per heavy atom. The van der Waals surface area contributed by atoms with Crippen molar-refractivity contribution in [1.29, 1.82) is 0 Å². The van der Waals surface area contributed by atoms with Crippen LogP contribution in [0, 0.1) is 17.8 Å². The van der Waals surface area contributed by atoms with Crippen LogP contribution in [0.2, 0.25) is 0 Å². The quantitative estimate of drug-likeness (QED) is 0.731. The average Bonchev–Trinajstić information content (AvgIpc) is 3.08. The molecule has 2 aliphatic carbocycles. The average molecular weight is 236 g/mol. The lowest BCUT2D eigenvalue weighted by Gasteiger charge is -2.19. The van der Waals surface area contributed by atoms with Crippen molar-refractivity contribution in [3.63, 3.8) is 0 Å². The van der Waals surface area contributed by atoms with Gasteiger partial charge in [-0.2, -0.15) is 0 Å². The molecule has 1 aliphatic heterocycles. The normalized spacial score (nSPS) is 36.8. The zero-order valence-electron chi connectivity index (χ0n) is 10.2. The summed E-state index contributed by atoms with van der Waals surface area (Å²) in [5.41, 5.74) is 0. The Morgan fingerprint density at radius 3 is 2.59 bits per heavy atom. The van der Waals surface area contributed by atoms with Gasteiger partial charge in [-0.25, -0.2) is 0 Å². The van der Waals surface area contributed by atoms with Crippen molar-refractivity contribution < 1.29 is 9.59 Å². The summed E-state index contributed by atoms with van der Waals surface area (Å²) in [6, 6.07) is 0. The number of hydrogen-bond donors (Lipinski definition) is 1. The van der Waals surface area contributed by atoms with Gasteiger partial charge in [0.2, 0.25) is 11.8 Å². The fourth-order valence-electron chi connectivity index (χ4n) is 3.56. The summed E-state index contributed by atoms with van der Waals surface area (Å²) in [6.07, 6.45) is 5.54. The standard InChI is InChI=1S/C13H20N2O2/c16-11-5-7-15(8-6-14-11)13(17)12-9-3-1-2-4-10(9)12/h9-10,12H,1-8H2,(H,14,16). The minimum atomic E-state index is 0.0773. The van der Waals surface area contributed by atoms with E-state index in [9.17, 15) is 9.59 Å². The van der Waals surface area contributed by atoms with Gasteiger partial charge >= 0.3 is 0 Å². The van der Waals surface area contributed by atoms with Crippen molar-refractivity contribution in [2.75, 3.05) is 19.6 Å². The van der Waals surface area contributed by atoms with Crippen molar-refractivity contribution in [2.45, 2.75) is 32.1 Å². The first-order valence-electron chi connectivity index (χ1n) is 6.83. The zero-order chi connectivity index (χ0) is 11.8. The van der Waals surface area contributed by atoms with Crippen molar-refractivity contribution in [1.82, 2.24) is 10.2 Å². The summed E-state index contributed by atoms with van der Waals surface area (Å²) < 4.78 is 0. The van der Waals surface area contributed by atoms with Crippen LogP contribution in [0.25, 0.3) is 0 Å². The molecule has 94 valence electrons. The Kier molecular flexibility index (Phi) is 2.81. The van der Waals surface area contributed by atoms with E-state index >= 15 is 0 Å². The lowest BCUT2D eigenvalue weighted by Crippen LogP contribution is -2.35. The molecule has 4 nitrogen and oxygen atoms in total. The van der Waals surface area contributed by atoms with Gasteiger partial charge in [0.1, 0.15) is 0 Å². The van der Waals surface area contributed by atoms with E-state index < -0.39 is 0 Å². The summed E-state index contributed by atoms with van der Waals surface area (Å²) in [5.74, 6) is 2.03. The summed E-state index contributed by atoms with van der Waals surface area (Å²) >= 11 is 0. The fraction of sp³-hybridized carbons (Fsp3) is 0.846. The lowest BCUT2D eigenvalue weighted by atomic mass is 10.0. The van der Waals surface area contributed by atoms with E-state index in [0.717, 1.165) is 0 Å². The van der Waals surface area contributed by atoms with Gasteiger partial charge in [-0.15, -0.1) is 0 Å². The molecule has 0 aromatic carbocycles. The van der Waals surface area contributed by atoms with E-state index in [1.165, 1.54) is 25.7 Å². The molecule has 3 aliphatic rings. The van der Waals surface area contributed by atoms with Crippen LogP contribution < -0.4 is 5.32 Å². The van der Waals surface area contributed by atoms with Crippen LogP contribution in [0.3, 0.4) is 0 Å². The number of rotatable bonds is 1. The highest BCUT2D eigenvalue weighted by Gasteiger charge is 2.55. The highest BCUT2D eigenvalue weighted by Crippen LogP contribution is 2.56. The van der Waals surface area contributed by atoms with Crippen LogP contribution in [-0.4, -0.2) is 36.3 Å². The highest BCUT2D eigenvalue weighted by atomic mass is 16.2. The van der Waals surface area contributed by atoms with E-state index in [2.05, 4.69) is 5.32 Å². The molecule has 3 rings (SSSR count). The van der Waals surface area contributed by atoms with Gasteiger partial charge < -0.3 is 10.2 Å². The van der Waals surface area contributed by atoms with Crippen molar-refractivity contribution in [3.05, 3.63) is 0 Å². The Hall–Kier alpha value is -1.06. The maximum Gasteiger partial charge on any atom is 0.226 e. The van der Waals surface area contributed by atoms with Gasteiger partial charge in [0.25, 0.3) is 0 Å². The maximum absolute atomic E-state index is 12.4. The van der Waals surface area contributed by atoms with E-state index in [-0.39, 0.29) is 5.91 Å². The summed E-state index contributed by atoms with van der Waals surface area (Å²) in [7, 11) is 0. The van der Waals surface area contributed by atoms with E-state index in [1.807, 2.05) is 4.90 Å². The summed E-state index contributed by atoms with van der Waals surface area (Å²) in [5, 5.41) is 2.82. The predicted molar refractivity (Wildman–Crippen MR) is 63.1 cm³/mol. The number of carbonyl (C=O) groups excluding carboxylic acids is 2. The lowest BCUT2D eigenvalue weighted by molar-refractivity contribution is -0.133. The van der Waals surface area contributed by atoms with Gasteiger partial charge in [0.05, 0.1) is 0 Å². The number of fused-ring (bicyclic) bond motifs is 1. The molecule has 0 bridgehead atoms. The monoisotopic (exact) mass is 236 g/mol. The molecule has 0 aromatic heterocycles. The second-order valence-corrected chi connectivity index (χ2v) is 5.56. The topological polar surface area (TPSA) is 49.4 Å². The molecule has 2 unspecified atom stereocenters. The van der Waals surface area contributed by atoms with E-state index in [0.29, 0.717) is 49.7 Å². The first kappa shape index (κ1) is 11.1. The van der Waals surface area contributed by atoms with Crippen LogP contribution in [0.4, 0.5) is 0 Å². The number of carbonyl (C=O) groups is 2. The van der Waals surface area contributed by atoms with Crippen LogP contribution in [0.5, 0.6) is 0 Å². The first-order chi connectivity index (χ1) is 8.27. The maximum atomic E-state index is 12.4. The van der Waals surface area contributed by atoms with Crippen molar-refractivity contribution in [2.24, 2.45) is 17.8 Å². The predicted octanol–water partition coefficient (Wildman–Crippen LogP) is 0.771. The largest absolute Gasteiger partial charge is 0.354 e. The van der Waals surface area contributed by atoms with Gasteiger partial charge in [-0.1, -0.05) is 12.8 Å². The van der Waals surface area contributed by atoms with Gasteiger partial charge in [0, 0.05) is 32.0 Å². The Bertz CT molecular complexity index is 330. The summed E-state index contributed by atoms with van der Waals surface area (Å²) in [4.78, 5) is 25.5. The van der Waals surface area contributed by atoms with E-state index in [1.54, 1.807) is 0 Å². The van der Waals surface area contributed by atoms with Crippen LogP contribution in [0.1, 0.15) is 32.1 Å². The highest BCUT2D eigenvalue weighted by molar-refractivity contribution is 5.84. The zero-order valence-corrected chi connectivity index (χ0v) is 10.2. The van der Waals surface area contributed by atoms with Crippen molar-refractivity contribution in [3.8, 4) is 0 Å². The molecule has 3 fully saturated rings. The minimum Gasteiger partial charge on any atom is -0.354 e.